The normalized spacial score (nSPS) is 17.4. The van der Waals surface area contributed by atoms with Crippen LogP contribution in [0.3, 0.4) is 0 Å². The number of nitrogens with one attached hydrogen (secondary N) is 2. The number of aromatic amines is 2. The zero-order valence-corrected chi connectivity index (χ0v) is 20.8. The molecule has 0 atom stereocenters. The summed E-state index contributed by atoms with van der Waals surface area (Å²) < 4.78 is 21.9. The van der Waals surface area contributed by atoms with Gasteiger partial charge in [-0.2, -0.15) is 0 Å². The Labute approximate surface area is 217 Å². The summed E-state index contributed by atoms with van der Waals surface area (Å²) in [4.78, 5) is 26.7. The second-order valence-electron chi connectivity index (χ2n) is 9.72. The van der Waals surface area contributed by atoms with E-state index in [-0.39, 0.29) is 23.3 Å². The van der Waals surface area contributed by atoms with Crippen LogP contribution in [0.25, 0.3) is 0 Å². The lowest BCUT2D eigenvalue weighted by Crippen LogP contribution is -2.23. The molecule has 0 aliphatic heterocycles. The van der Waals surface area contributed by atoms with Crippen molar-refractivity contribution in [2.24, 2.45) is 11.8 Å². The lowest BCUT2D eigenvalue weighted by Gasteiger charge is -2.28. The molecule has 0 bridgehead atoms. The van der Waals surface area contributed by atoms with E-state index < -0.39 is 11.5 Å². The van der Waals surface area contributed by atoms with Crippen LogP contribution < -0.4 is 21.0 Å². The molecule has 0 spiro atoms. The highest BCUT2D eigenvalue weighted by Gasteiger charge is 2.22. The van der Waals surface area contributed by atoms with Crippen LogP contribution in [-0.2, 0) is 12.8 Å². The van der Waals surface area contributed by atoms with Gasteiger partial charge in [0.15, 0.2) is 11.5 Å². The summed E-state index contributed by atoms with van der Waals surface area (Å²) in [5, 5.41) is 19.3. The zero-order valence-electron chi connectivity index (χ0n) is 20.8. The van der Waals surface area contributed by atoms with E-state index in [9.17, 15) is 19.8 Å². The molecule has 4 N–H and O–H groups in total. The number of H-pyrrole nitrogens is 2. The van der Waals surface area contributed by atoms with Gasteiger partial charge >= 0.3 is 11.5 Å². The third kappa shape index (κ3) is 6.50. The van der Waals surface area contributed by atoms with Gasteiger partial charge < -0.3 is 28.5 Å². The van der Waals surface area contributed by atoms with Crippen LogP contribution in [0.1, 0.15) is 48.3 Å². The number of hydrogen-bond donors (Lipinski definition) is 4. The van der Waals surface area contributed by atoms with E-state index in [2.05, 4.69) is 9.97 Å². The minimum absolute atomic E-state index is 0.214. The minimum Gasteiger partial charge on any atom is -0.493 e. The Morgan fingerprint density at radius 1 is 0.658 bits per heavy atom. The summed E-state index contributed by atoms with van der Waals surface area (Å²) in [6, 6.07) is 15.1. The van der Waals surface area contributed by atoms with Crippen LogP contribution in [0, 0.1) is 11.8 Å². The Morgan fingerprint density at radius 2 is 1.03 bits per heavy atom. The molecule has 200 valence electrons. The number of aromatic hydroxyl groups is 2. The van der Waals surface area contributed by atoms with E-state index >= 15 is 0 Å². The highest BCUT2D eigenvalue weighted by atomic mass is 16.5. The van der Waals surface area contributed by atoms with Crippen molar-refractivity contribution in [2.45, 2.75) is 38.5 Å². The Morgan fingerprint density at radius 3 is 1.34 bits per heavy atom. The molecule has 10 heteroatoms. The van der Waals surface area contributed by atoms with Crippen LogP contribution >= 0.6 is 0 Å². The second-order valence-corrected chi connectivity index (χ2v) is 9.72. The second kappa shape index (κ2) is 11.4. The molecule has 1 aliphatic rings. The molecule has 1 fully saturated rings. The van der Waals surface area contributed by atoms with Crippen molar-refractivity contribution in [3.05, 3.63) is 92.3 Å². The van der Waals surface area contributed by atoms with Crippen molar-refractivity contribution in [1.82, 2.24) is 9.97 Å². The third-order valence-corrected chi connectivity index (χ3v) is 6.91. The average molecular weight is 523 g/mol. The summed E-state index contributed by atoms with van der Waals surface area (Å²) in [7, 11) is 0. The summed E-state index contributed by atoms with van der Waals surface area (Å²) in [5.41, 5.74) is 1.80. The molecule has 1 saturated carbocycles. The fraction of sp³-hybridized carbons (Fsp3) is 0.357. The number of hydrogen-bond acceptors (Lipinski definition) is 8. The van der Waals surface area contributed by atoms with Crippen LogP contribution in [0.15, 0.2) is 67.0 Å². The van der Waals surface area contributed by atoms with Gasteiger partial charge in [0.05, 0.1) is 13.2 Å². The van der Waals surface area contributed by atoms with Crippen LogP contribution in [0.2, 0.25) is 0 Å². The van der Waals surface area contributed by atoms with Crippen LogP contribution in [-0.4, -0.2) is 33.4 Å². The van der Waals surface area contributed by atoms with Gasteiger partial charge in [0, 0.05) is 12.8 Å². The van der Waals surface area contributed by atoms with E-state index in [1.54, 1.807) is 0 Å². The first-order valence-corrected chi connectivity index (χ1v) is 12.7. The van der Waals surface area contributed by atoms with Gasteiger partial charge in [-0.3, -0.25) is 9.97 Å². The zero-order chi connectivity index (χ0) is 26.5. The monoisotopic (exact) mass is 522 g/mol. The standard InChI is InChI=1S/C28H30N2O8/c31-25-23(37-27(33)29-25)13-17-5-9-21(10-6-17)35-15-19-1-2-20(4-3-19)16-36-22-11-7-18(8-12-22)14-24-26(32)30-28(34)38-24/h5-12,19-20,31-32H,1-4,13-16H2,(H,29,33)(H,30,34). The summed E-state index contributed by atoms with van der Waals surface area (Å²) in [6.45, 7) is 1.33. The molecule has 10 nitrogen and oxygen atoms in total. The van der Waals surface area contributed by atoms with Crippen molar-refractivity contribution >= 4 is 0 Å². The highest BCUT2D eigenvalue weighted by Crippen LogP contribution is 2.30. The number of ether oxygens (including phenoxy) is 2. The van der Waals surface area contributed by atoms with E-state index in [0.717, 1.165) is 48.3 Å². The van der Waals surface area contributed by atoms with Crippen molar-refractivity contribution in [3.63, 3.8) is 0 Å². The van der Waals surface area contributed by atoms with E-state index in [0.29, 0.717) is 37.9 Å². The molecule has 38 heavy (non-hydrogen) atoms. The number of oxazole rings is 2. The van der Waals surface area contributed by atoms with E-state index in [4.69, 9.17) is 18.3 Å². The summed E-state index contributed by atoms with van der Waals surface area (Å²) >= 11 is 0. The molecule has 2 heterocycles. The van der Waals surface area contributed by atoms with E-state index in [1.807, 2.05) is 48.5 Å². The van der Waals surface area contributed by atoms with Gasteiger partial charge in [-0.1, -0.05) is 24.3 Å². The maximum Gasteiger partial charge on any atom is 0.419 e. The Bertz CT molecular complexity index is 1330. The molecule has 0 radical (unpaired) electrons. The maximum absolute atomic E-state index is 11.2. The van der Waals surface area contributed by atoms with Gasteiger partial charge in [0.25, 0.3) is 0 Å². The van der Waals surface area contributed by atoms with Gasteiger partial charge in [-0.05, 0) is 72.9 Å². The first-order valence-electron chi connectivity index (χ1n) is 12.7. The van der Waals surface area contributed by atoms with Crippen LogP contribution in [0.5, 0.6) is 23.3 Å². The lowest BCUT2D eigenvalue weighted by atomic mass is 9.83. The topological polar surface area (TPSA) is 151 Å². The Balaban J connectivity index is 1.01. The number of rotatable bonds is 10. The fourth-order valence-corrected chi connectivity index (χ4v) is 4.71. The first-order chi connectivity index (χ1) is 18.4. The molecule has 2 aromatic heterocycles. The van der Waals surface area contributed by atoms with Gasteiger partial charge in [0.1, 0.15) is 11.5 Å². The smallest absolute Gasteiger partial charge is 0.419 e. The summed E-state index contributed by atoms with van der Waals surface area (Å²) in [6.07, 6.45) is 4.98. The van der Waals surface area contributed by atoms with E-state index in [1.165, 1.54) is 0 Å². The molecule has 4 aromatic rings. The highest BCUT2D eigenvalue weighted by molar-refractivity contribution is 5.32. The Kier molecular flexibility index (Phi) is 7.57. The van der Waals surface area contributed by atoms with Crippen molar-refractivity contribution < 1.29 is 28.5 Å². The van der Waals surface area contributed by atoms with Gasteiger partial charge in [0.2, 0.25) is 11.8 Å². The Hall–Kier alpha value is -4.34. The fourth-order valence-electron chi connectivity index (χ4n) is 4.71. The molecule has 2 aromatic carbocycles. The first kappa shape index (κ1) is 25.3. The number of benzene rings is 2. The van der Waals surface area contributed by atoms with Crippen molar-refractivity contribution in [2.75, 3.05) is 13.2 Å². The molecular weight excluding hydrogens is 492 g/mol. The maximum atomic E-state index is 11.2. The minimum atomic E-state index is -0.669. The number of aromatic nitrogens is 2. The molecule has 0 saturated heterocycles. The largest absolute Gasteiger partial charge is 0.493 e. The predicted octanol–water partition coefficient (Wildman–Crippen LogP) is 4.11. The molecule has 0 amide bonds. The SMILES string of the molecule is O=c1[nH]c(O)c(Cc2ccc(OCC3CCC(COc4ccc(Cc5oc(=O)[nH]c5O)cc4)CC3)cc2)o1. The molecule has 1 aliphatic carbocycles. The van der Waals surface area contributed by atoms with Crippen LogP contribution in [0.4, 0.5) is 0 Å². The molecule has 0 unspecified atom stereocenters. The molecule has 5 rings (SSSR count). The summed E-state index contributed by atoms with van der Waals surface area (Å²) in [5.74, 6) is 1.19. The predicted molar refractivity (Wildman–Crippen MR) is 137 cm³/mol. The van der Waals surface area contributed by atoms with Crippen molar-refractivity contribution in [1.29, 1.82) is 0 Å². The van der Waals surface area contributed by atoms with Gasteiger partial charge in [-0.15, -0.1) is 0 Å². The lowest BCUT2D eigenvalue weighted by molar-refractivity contribution is 0.148. The van der Waals surface area contributed by atoms with Gasteiger partial charge in [-0.25, -0.2) is 9.59 Å². The third-order valence-electron chi connectivity index (χ3n) is 6.91. The quantitative estimate of drug-likeness (QED) is 0.243. The van der Waals surface area contributed by atoms with Crippen molar-refractivity contribution in [3.8, 4) is 23.3 Å². The average Bonchev–Trinajstić information content (AvgIpc) is 3.41. The molecular formula is C28H30N2O8.